The number of nitrogens with zero attached hydrogens (tertiary/aromatic N) is 1. The quantitative estimate of drug-likeness (QED) is 0.336. The summed E-state index contributed by atoms with van der Waals surface area (Å²) >= 11 is 0. The Hall–Kier alpha value is -1.59. The van der Waals surface area contributed by atoms with E-state index in [2.05, 4.69) is 29.6 Å². The molecule has 2 atom stereocenters. The van der Waals surface area contributed by atoms with Gasteiger partial charge in [0.25, 0.3) is 0 Å². The molecule has 19 heavy (non-hydrogen) atoms. The van der Waals surface area contributed by atoms with Crippen molar-refractivity contribution in [3.05, 3.63) is 30.3 Å². The summed E-state index contributed by atoms with van der Waals surface area (Å²) in [6.07, 6.45) is 1.18. The van der Waals surface area contributed by atoms with Crippen molar-refractivity contribution < 1.29 is 4.74 Å². The number of methoxy groups -OCH3 is 1. The van der Waals surface area contributed by atoms with Gasteiger partial charge in [-0.15, -0.1) is 0 Å². The molecule has 0 aromatic heterocycles. The Morgan fingerprint density at radius 3 is 2.58 bits per heavy atom. The first kappa shape index (κ1) is 13.8. The number of ether oxygens (including phenoxy) is 1. The summed E-state index contributed by atoms with van der Waals surface area (Å²) in [5, 5.41) is 3.17. The van der Waals surface area contributed by atoms with Gasteiger partial charge < -0.3 is 10.1 Å². The highest BCUT2D eigenvalue weighted by Gasteiger charge is 2.48. The summed E-state index contributed by atoms with van der Waals surface area (Å²) in [4.78, 5) is 4.64. The fourth-order valence-electron chi connectivity index (χ4n) is 2.40. The Labute approximate surface area is 114 Å². The van der Waals surface area contributed by atoms with Crippen LogP contribution in [0.2, 0.25) is 0 Å². The number of anilines is 1. The molecule has 1 aromatic rings. The van der Waals surface area contributed by atoms with Gasteiger partial charge in [-0.2, -0.15) is 0 Å². The Morgan fingerprint density at radius 2 is 2.05 bits per heavy atom. The molecular weight excluding hydrogens is 240 g/mol. The van der Waals surface area contributed by atoms with Crippen LogP contribution in [-0.4, -0.2) is 25.2 Å². The lowest BCUT2D eigenvalue weighted by Crippen LogP contribution is -2.54. The van der Waals surface area contributed by atoms with Crippen molar-refractivity contribution in [1.29, 1.82) is 0 Å². The van der Waals surface area contributed by atoms with Gasteiger partial charge in [0.05, 0.1) is 12.1 Å². The number of nitrogens with two attached hydrogens (primary N) is 1. The summed E-state index contributed by atoms with van der Waals surface area (Å²) in [5.74, 6) is 6.11. The normalized spacial score (nSPS) is 25.6. The third-order valence-electron chi connectivity index (χ3n) is 3.87. The number of para-hydroxylation sites is 1. The topological polar surface area (TPSA) is 71.7 Å². The molecule has 1 aromatic carbocycles. The van der Waals surface area contributed by atoms with Crippen LogP contribution < -0.4 is 16.6 Å². The number of hydrogen-bond acceptors (Lipinski definition) is 3. The van der Waals surface area contributed by atoms with Gasteiger partial charge in [0.2, 0.25) is 5.96 Å². The zero-order chi connectivity index (χ0) is 13.9. The van der Waals surface area contributed by atoms with Crippen LogP contribution in [0.5, 0.6) is 0 Å². The molecule has 2 rings (SSSR count). The van der Waals surface area contributed by atoms with E-state index in [1.54, 1.807) is 7.11 Å². The minimum Gasteiger partial charge on any atom is -0.381 e. The maximum atomic E-state index is 5.53. The van der Waals surface area contributed by atoms with Crippen molar-refractivity contribution in [3.63, 3.8) is 0 Å². The summed E-state index contributed by atoms with van der Waals surface area (Å²) < 4.78 is 5.42. The molecule has 1 fully saturated rings. The second-order valence-electron chi connectivity index (χ2n) is 5.41. The van der Waals surface area contributed by atoms with Crippen molar-refractivity contribution in [1.82, 2.24) is 5.43 Å². The average molecular weight is 262 g/mol. The van der Waals surface area contributed by atoms with E-state index in [0.717, 1.165) is 12.1 Å². The molecular formula is C14H22N4O. The predicted octanol–water partition coefficient (Wildman–Crippen LogP) is 1.73. The molecule has 1 saturated carbocycles. The minimum atomic E-state index is 0.0369. The summed E-state index contributed by atoms with van der Waals surface area (Å²) in [6, 6.07) is 10.0. The van der Waals surface area contributed by atoms with Crippen molar-refractivity contribution in [2.45, 2.75) is 32.4 Å². The Morgan fingerprint density at radius 1 is 1.37 bits per heavy atom. The number of hydrogen-bond donors (Lipinski definition) is 3. The van der Waals surface area contributed by atoms with Gasteiger partial charge in [0.15, 0.2) is 0 Å². The smallest absolute Gasteiger partial charge is 0.210 e. The number of benzene rings is 1. The third kappa shape index (κ3) is 2.88. The Balaban J connectivity index is 2.05. The number of nitrogens with one attached hydrogen (secondary N) is 2. The van der Waals surface area contributed by atoms with Crippen molar-refractivity contribution in [3.8, 4) is 0 Å². The third-order valence-corrected chi connectivity index (χ3v) is 3.87. The maximum Gasteiger partial charge on any atom is 0.210 e. The van der Waals surface area contributed by atoms with Crippen LogP contribution in [0.3, 0.4) is 0 Å². The standard InChI is InChI=1S/C14H22N4O/c1-14(2)11(9-12(14)19-3)17-13(18-15)16-10-7-5-4-6-8-10/h4-8,11-12H,9,15H2,1-3H3,(H2,16,17,18). The molecule has 0 amide bonds. The summed E-state index contributed by atoms with van der Waals surface area (Å²) in [6.45, 7) is 4.32. The fourth-order valence-corrected chi connectivity index (χ4v) is 2.40. The SMILES string of the molecule is COC1CC(N=C(NN)Nc2ccccc2)C1(C)C. The summed E-state index contributed by atoms with van der Waals surface area (Å²) in [5.41, 5.74) is 3.61. The highest BCUT2D eigenvalue weighted by molar-refractivity contribution is 5.93. The first-order valence-electron chi connectivity index (χ1n) is 6.47. The molecule has 0 spiro atoms. The molecule has 1 aliphatic carbocycles. The van der Waals surface area contributed by atoms with E-state index in [1.165, 1.54) is 0 Å². The zero-order valence-corrected chi connectivity index (χ0v) is 11.7. The highest BCUT2D eigenvalue weighted by Crippen LogP contribution is 2.44. The molecule has 4 N–H and O–H groups in total. The van der Waals surface area contributed by atoms with E-state index in [0.29, 0.717) is 5.96 Å². The van der Waals surface area contributed by atoms with Crippen LogP contribution >= 0.6 is 0 Å². The van der Waals surface area contributed by atoms with E-state index >= 15 is 0 Å². The second-order valence-corrected chi connectivity index (χ2v) is 5.41. The van der Waals surface area contributed by atoms with E-state index in [1.807, 2.05) is 30.3 Å². The van der Waals surface area contributed by atoms with Crippen molar-refractivity contribution in [2.75, 3.05) is 12.4 Å². The fraction of sp³-hybridized carbons (Fsp3) is 0.500. The van der Waals surface area contributed by atoms with E-state index < -0.39 is 0 Å². The maximum absolute atomic E-state index is 5.53. The van der Waals surface area contributed by atoms with Crippen molar-refractivity contribution in [2.24, 2.45) is 16.3 Å². The molecule has 0 heterocycles. The second kappa shape index (κ2) is 5.59. The number of guanidine groups is 1. The first-order valence-corrected chi connectivity index (χ1v) is 6.47. The van der Waals surface area contributed by atoms with Crippen LogP contribution in [0.25, 0.3) is 0 Å². The zero-order valence-electron chi connectivity index (χ0n) is 11.7. The molecule has 0 saturated heterocycles. The van der Waals surface area contributed by atoms with Crippen molar-refractivity contribution >= 4 is 11.6 Å². The molecule has 0 radical (unpaired) electrons. The van der Waals surface area contributed by atoms with Gasteiger partial charge in [-0.3, -0.25) is 5.43 Å². The van der Waals surface area contributed by atoms with Gasteiger partial charge in [0, 0.05) is 18.2 Å². The molecule has 2 unspecified atom stereocenters. The van der Waals surface area contributed by atoms with Crippen LogP contribution in [0.4, 0.5) is 5.69 Å². The first-order chi connectivity index (χ1) is 9.07. The molecule has 5 heteroatoms. The van der Waals surface area contributed by atoms with Crippen LogP contribution in [0.1, 0.15) is 20.3 Å². The Bertz CT molecular complexity index is 444. The number of aliphatic imine (C=N–C) groups is 1. The monoisotopic (exact) mass is 262 g/mol. The van der Waals surface area contributed by atoms with Gasteiger partial charge in [0.1, 0.15) is 0 Å². The van der Waals surface area contributed by atoms with Gasteiger partial charge in [-0.1, -0.05) is 32.0 Å². The average Bonchev–Trinajstić information content (AvgIpc) is 2.42. The molecule has 0 bridgehead atoms. The predicted molar refractivity (Wildman–Crippen MR) is 77.8 cm³/mol. The van der Waals surface area contributed by atoms with E-state index in [4.69, 9.17) is 10.6 Å². The van der Waals surface area contributed by atoms with Gasteiger partial charge >= 0.3 is 0 Å². The lowest BCUT2D eigenvalue weighted by molar-refractivity contribution is -0.0851. The molecule has 1 aliphatic rings. The molecule has 0 aliphatic heterocycles. The number of rotatable bonds is 3. The van der Waals surface area contributed by atoms with Crippen LogP contribution in [0.15, 0.2) is 35.3 Å². The van der Waals surface area contributed by atoms with E-state index in [-0.39, 0.29) is 17.6 Å². The van der Waals surface area contributed by atoms with Gasteiger partial charge in [-0.05, 0) is 18.6 Å². The van der Waals surface area contributed by atoms with Crippen LogP contribution in [0, 0.1) is 5.41 Å². The Kier molecular flexibility index (Phi) is 4.07. The number of hydrazine groups is 1. The van der Waals surface area contributed by atoms with Gasteiger partial charge in [-0.25, -0.2) is 10.8 Å². The molecule has 104 valence electrons. The molecule has 5 nitrogen and oxygen atoms in total. The highest BCUT2D eigenvalue weighted by atomic mass is 16.5. The lowest BCUT2D eigenvalue weighted by atomic mass is 9.65. The van der Waals surface area contributed by atoms with Crippen LogP contribution in [-0.2, 0) is 4.74 Å². The summed E-state index contributed by atoms with van der Waals surface area (Å²) in [7, 11) is 1.75. The largest absolute Gasteiger partial charge is 0.381 e. The minimum absolute atomic E-state index is 0.0369. The lowest BCUT2D eigenvalue weighted by Gasteiger charge is -2.49. The van der Waals surface area contributed by atoms with E-state index in [9.17, 15) is 0 Å².